The first-order valence-corrected chi connectivity index (χ1v) is 13.4. The molecule has 2 aromatic rings. The Kier molecular flexibility index (Phi) is 13.0. The molecule has 3 N–H and O–H groups in total. The lowest BCUT2D eigenvalue weighted by molar-refractivity contribution is -0.118. The molecule has 178 valence electrons. The van der Waals surface area contributed by atoms with Crippen LogP contribution in [-0.2, 0) is 16.0 Å². The van der Waals surface area contributed by atoms with E-state index in [1.807, 2.05) is 54.6 Å². The van der Waals surface area contributed by atoms with Crippen molar-refractivity contribution in [3.8, 4) is 5.75 Å². The average Bonchev–Trinajstić information content (AvgIpc) is 2.84. The lowest BCUT2D eigenvalue weighted by Gasteiger charge is -2.09. The summed E-state index contributed by atoms with van der Waals surface area (Å²) in [6, 6.07) is 16.9. The molecule has 0 saturated carbocycles. The van der Waals surface area contributed by atoms with Crippen LogP contribution in [0.15, 0.2) is 66.4 Å². The fourth-order valence-corrected chi connectivity index (χ4v) is 5.01. The molecule has 33 heavy (non-hydrogen) atoms. The monoisotopic (exact) mass is 488 g/mol. The predicted molar refractivity (Wildman–Crippen MR) is 139 cm³/mol. The third-order valence-electron chi connectivity index (χ3n) is 4.74. The molecule has 0 aliphatic heterocycles. The standard InChI is InChI=1S/C25H32N2O4S2/c1-31-23-13-11-20(12-14-23)18-21(19-28)25(30)26-15-17-33-32-16-7-3-6-10-24(29)27-22-8-4-2-5-9-22/h2,4-5,8-9,11-14,19,28H,3,6-7,10,15-18H2,1H3,(H,26,30)(H,27,29)/b21-19+. The van der Waals surface area contributed by atoms with E-state index in [0.717, 1.165) is 54.0 Å². The van der Waals surface area contributed by atoms with Crippen LogP contribution >= 0.6 is 21.6 Å². The van der Waals surface area contributed by atoms with Gasteiger partial charge in [0.15, 0.2) is 0 Å². The number of aliphatic hydroxyl groups excluding tert-OH is 1. The van der Waals surface area contributed by atoms with Crippen LogP contribution in [0.4, 0.5) is 5.69 Å². The van der Waals surface area contributed by atoms with Crippen LogP contribution in [0.25, 0.3) is 0 Å². The van der Waals surface area contributed by atoms with Gasteiger partial charge >= 0.3 is 0 Å². The zero-order valence-corrected chi connectivity index (χ0v) is 20.6. The summed E-state index contributed by atoms with van der Waals surface area (Å²) in [6.45, 7) is 0.538. The highest BCUT2D eigenvalue weighted by molar-refractivity contribution is 8.76. The third kappa shape index (κ3) is 11.2. The highest BCUT2D eigenvalue weighted by Gasteiger charge is 2.10. The number of rotatable bonds is 15. The molecule has 0 radical (unpaired) electrons. The number of carbonyl (C=O) groups excluding carboxylic acids is 2. The molecule has 0 saturated heterocycles. The molecule has 0 unspecified atom stereocenters. The van der Waals surface area contributed by atoms with Crippen LogP contribution in [0.5, 0.6) is 5.75 Å². The molecule has 2 amide bonds. The van der Waals surface area contributed by atoms with Crippen molar-refractivity contribution in [3.63, 3.8) is 0 Å². The summed E-state index contributed by atoms with van der Waals surface area (Å²) in [5.41, 5.74) is 2.09. The van der Waals surface area contributed by atoms with Gasteiger partial charge in [0.05, 0.1) is 18.9 Å². The van der Waals surface area contributed by atoms with Crippen LogP contribution in [0.3, 0.4) is 0 Å². The molecule has 8 heteroatoms. The second-order valence-corrected chi connectivity index (χ2v) is 10.0. The van der Waals surface area contributed by atoms with E-state index >= 15 is 0 Å². The van der Waals surface area contributed by atoms with Crippen LogP contribution in [-0.4, -0.2) is 42.1 Å². The Balaban J connectivity index is 1.47. The maximum Gasteiger partial charge on any atom is 0.250 e. The smallest absolute Gasteiger partial charge is 0.250 e. The van der Waals surface area contributed by atoms with E-state index in [1.165, 1.54) is 0 Å². The van der Waals surface area contributed by atoms with Gasteiger partial charge in [0.1, 0.15) is 5.75 Å². The molecule has 0 atom stereocenters. The lowest BCUT2D eigenvalue weighted by atomic mass is 10.1. The van der Waals surface area contributed by atoms with Crippen molar-refractivity contribution in [1.29, 1.82) is 0 Å². The number of benzene rings is 2. The Bertz CT molecular complexity index is 874. The number of hydrogen-bond acceptors (Lipinski definition) is 6. The second-order valence-electron chi connectivity index (χ2n) is 7.30. The Hall–Kier alpha value is -2.58. The molecule has 2 aromatic carbocycles. The molecule has 0 spiro atoms. The van der Waals surface area contributed by atoms with E-state index in [9.17, 15) is 14.7 Å². The number of hydrogen-bond donors (Lipinski definition) is 3. The fraction of sp³-hybridized carbons (Fsp3) is 0.360. The summed E-state index contributed by atoms with van der Waals surface area (Å²) >= 11 is 0. The first-order valence-electron chi connectivity index (χ1n) is 11.0. The topological polar surface area (TPSA) is 87.7 Å². The van der Waals surface area contributed by atoms with Gasteiger partial charge in [0.25, 0.3) is 5.91 Å². The van der Waals surface area contributed by atoms with Crippen molar-refractivity contribution in [2.45, 2.75) is 32.1 Å². The molecule has 0 fully saturated rings. The van der Waals surface area contributed by atoms with Gasteiger partial charge in [0, 0.05) is 36.6 Å². The minimum absolute atomic E-state index is 0.0576. The van der Waals surface area contributed by atoms with Gasteiger partial charge in [-0.15, -0.1) is 0 Å². The van der Waals surface area contributed by atoms with E-state index < -0.39 is 0 Å². The molecular weight excluding hydrogens is 456 g/mol. The Labute approximate surface area is 204 Å². The van der Waals surface area contributed by atoms with Crippen molar-refractivity contribution in [2.24, 2.45) is 0 Å². The first-order chi connectivity index (χ1) is 16.1. The predicted octanol–water partition coefficient (Wildman–Crippen LogP) is 5.38. The summed E-state index contributed by atoms with van der Waals surface area (Å²) in [5, 5.41) is 15.2. The van der Waals surface area contributed by atoms with E-state index in [0.29, 0.717) is 25.0 Å². The number of methoxy groups -OCH3 is 1. The Morgan fingerprint density at radius 2 is 1.70 bits per heavy atom. The minimum atomic E-state index is -0.257. The van der Waals surface area contributed by atoms with Gasteiger partial charge in [-0.2, -0.15) is 0 Å². The van der Waals surface area contributed by atoms with Gasteiger partial charge in [-0.3, -0.25) is 9.59 Å². The summed E-state index contributed by atoms with van der Waals surface area (Å²) in [5.74, 6) is 2.35. The molecule has 0 aromatic heterocycles. The van der Waals surface area contributed by atoms with Gasteiger partial charge in [0.2, 0.25) is 5.91 Å². The largest absolute Gasteiger partial charge is 0.515 e. The number of anilines is 1. The van der Waals surface area contributed by atoms with E-state index in [1.54, 1.807) is 28.7 Å². The van der Waals surface area contributed by atoms with Gasteiger partial charge < -0.3 is 20.5 Å². The average molecular weight is 489 g/mol. The van der Waals surface area contributed by atoms with Crippen molar-refractivity contribution < 1.29 is 19.4 Å². The zero-order valence-electron chi connectivity index (χ0n) is 18.9. The molecule has 0 aliphatic rings. The Morgan fingerprint density at radius 1 is 0.970 bits per heavy atom. The van der Waals surface area contributed by atoms with Gasteiger partial charge in [-0.1, -0.05) is 58.3 Å². The fourth-order valence-electron chi connectivity index (χ4n) is 2.95. The SMILES string of the molecule is COc1ccc(C/C(=C\O)C(=O)NCCSSCCCCCC(=O)Nc2ccccc2)cc1. The third-order valence-corrected chi connectivity index (χ3v) is 7.24. The molecular formula is C25H32N2O4S2. The number of unbranched alkanes of at least 4 members (excludes halogenated alkanes) is 2. The molecule has 0 aliphatic carbocycles. The number of nitrogens with one attached hydrogen (secondary N) is 2. The van der Waals surface area contributed by atoms with E-state index in [4.69, 9.17) is 4.74 Å². The molecule has 2 rings (SSSR count). The van der Waals surface area contributed by atoms with Crippen molar-refractivity contribution in [2.75, 3.05) is 30.5 Å². The maximum atomic E-state index is 12.3. The number of carbonyl (C=O) groups is 2. The number of para-hydroxylation sites is 1. The number of ether oxygens (including phenoxy) is 1. The minimum Gasteiger partial charge on any atom is -0.515 e. The first kappa shape index (κ1) is 26.7. The lowest BCUT2D eigenvalue weighted by Crippen LogP contribution is -2.28. The normalized spacial score (nSPS) is 11.1. The highest BCUT2D eigenvalue weighted by Crippen LogP contribution is 2.22. The molecule has 6 nitrogen and oxygen atoms in total. The highest BCUT2D eigenvalue weighted by atomic mass is 33.1. The second kappa shape index (κ2) is 16.1. The van der Waals surface area contributed by atoms with Gasteiger partial charge in [-0.25, -0.2) is 0 Å². The van der Waals surface area contributed by atoms with E-state index in [-0.39, 0.29) is 11.8 Å². The Morgan fingerprint density at radius 3 is 2.39 bits per heavy atom. The summed E-state index contributed by atoms with van der Waals surface area (Å²) in [7, 11) is 5.09. The van der Waals surface area contributed by atoms with Crippen LogP contribution in [0.1, 0.15) is 31.2 Å². The zero-order chi connectivity index (χ0) is 23.7. The van der Waals surface area contributed by atoms with Crippen molar-refractivity contribution >= 4 is 39.1 Å². The summed E-state index contributed by atoms with van der Waals surface area (Å²) < 4.78 is 5.13. The summed E-state index contributed by atoms with van der Waals surface area (Å²) in [4.78, 5) is 24.2. The summed E-state index contributed by atoms with van der Waals surface area (Å²) in [6.07, 6.45) is 4.73. The van der Waals surface area contributed by atoms with Crippen molar-refractivity contribution in [1.82, 2.24) is 5.32 Å². The quantitative estimate of drug-likeness (QED) is 0.135. The van der Waals surface area contributed by atoms with E-state index in [2.05, 4.69) is 10.6 Å². The maximum absolute atomic E-state index is 12.3. The molecule has 0 bridgehead atoms. The number of amides is 2. The van der Waals surface area contributed by atoms with Crippen LogP contribution < -0.4 is 15.4 Å². The number of aliphatic hydroxyl groups is 1. The molecule has 0 heterocycles. The van der Waals surface area contributed by atoms with Crippen LogP contribution in [0.2, 0.25) is 0 Å². The van der Waals surface area contributed by atoms with Crippen molar-refractivity contribution in [3.05, 3.63) is 72.0 Å². The van der Waals surface area contributed by atoms with Gasteiger partial charge in [-0.05, 0) is 42.7 Å². The van der Waals surface area contributed by atoms with Crippen LogP contribution in [0, 0.1) is 0 Å².